The molecule has 0 aromatic heterocycles. The Balaban J connectivity index is 2.43. The van der Waals surface area contributed by atoms with E-state index in [-0.39, 0.29) is 12.8 Å². The van der Waals surface area contributed by atoms with Crippen LogP contribution < -0.4 is 11.1 Å². The number of aliphatic hydroxyl groups excluding tert-OH is 1. The highest BCUT2D eigenvalue weighted by molar-refractivity contribution is 6.29. The Morgan fingerprint density at radius 2 is 2.00 bits per heavy atom. The van der Waals surface area contributed by atoms with Gasteiger partial charge in [-0.2, -0.15) is 0 Å². The molecule has 22 heavy (non-hydrogen) atoms. The Morgan fingerprint density at radius 1 is 1.36 bits per heavy atom. The second-order valence-corrected chi connectivity index (χ2v) is 6.58. The number of aliphatic hydroxyl groups is 1. The van der Waals surface area contributed by atoms with Gasteiger partial charge in [-0.1, -0.05) is 50.3 Å². The van der Waals surface area contributed by atoms with Crippen molar-refractivity contribution in [2.75, 3.05) is 0 Å². The van der Waals surface area contributed by atoms with E-state index >= 15 is 0 Å². The third-order valence-corrected chi connectivity index (χ3v) is 4.23. The molecular weight excluding hydrogens is 304 g/mol. The first-order chi connectivity index (χ1) is 10.4. The number of carbonyl (C=O) groups excluding carboxylic acids is 2. The SMILES string of the molecule is C=C(Cl)C[C@H](C[C@@H](O)[CH]CC1CCCCC1)C(=O)NC(N)=O. The van der Waals surface area contributed by atoms with Crippen LogP contribution in [0.25, 0.3) is 0 Å². The van der Waals surface area contributed by atoms with Crippen molar-refractivity contribution in [2.24, 2.45) is 17.6 Å². The molecule has 0 bridgehead atoms. The zero-order chi connectivity index (χ0) is 16.5. The molecule has 0 aromatic rings. The van der Waals surface area contributed by atoms with Crippen LogP contribution in [0.3, 0.4) is 0 Å². The van der Waals surface area contributed by atoms with Crippen molar-refractivity contribution in [3.8, 4) is 0 Å². The van der Waals surface area contributed by atoms with Gasteiger partial charge in [-0.05, 0) is 31.6 Å². The lowest BCUT2D eigenvalue weighted by Gasteiger charge is -2.23. The van der Waals surface area contributed by atoms with Crippen LogP contribution in [0.15, 0.2) is 11.6 Å². The molecule has 1 rings (SSSR count). The quantitative estimate of drug-likeness (QED) is 0.639. The first kappa shape index (κ1) is 19.0. The number of halogens is 1. The summed E-state index contributed by atoms with van der Waals surface area (Å²) in [6.07, 6.45) is 8.63. The summed E-state index contributed by atoms with van der Waals surface area (Å²) in [6, 6.07) is -0.907. The molecule has 4 N–H and O–H groups in total. The van der Waals surface area contributed by atoms with Crippen LogP contribution in [0.5, 0.6) is 0 Å². The molecule has 0 saturated heterocycles. The Bertz CT molecular complexity index is 395. The van der Waals surface area contributed by atoms with Gasteiger partial charge in [-0.3, -0.25) is 10.1 Å². The lowest BCUT2D eigenvalue weighted by Crippen LogP contribution is -2.40. The monoisotopic (exact) mass is 329 g/mol. The summed E-state index contributed by atoms with van der Waals surface area (Å²) < 4.78 is 0. The fraction of sp³-hybridized carbons (Fsp3) is 0.688. The molecule has 2 atom stereocenters. The number of imide groups is 1. The van der Waals surface area contributed by atoms with Crippen LogP contribution in [-0.4, -0.2) is 23.1 Å². The van der Waals surface area contributed by atoms with E-state index < -0.39 is 24.0 Å². The predicted octanol–water partition coefficient (Wildman–Crippen LogP) is 2.87. The van der Waals surface area contributed by atoms with E-state index in [1.165, 1.54) is 32.1 Å². The lowest BCUT2D eigenvalue weighted by molar-refractivity contribution is -0.124. The van der Waals surface area contributed by atoms with Gasteiger partial charge in [0.15, 0.2) is 0 Å². The van der Waals surface area contributed by atoms with E-state index in [0.29, 0.717) is 11.0 Å². The molecule has 0 spiro atoms. The van der Waals surface area contributed by atoms with Gasteiger partial charge < -0.3 is 10.8 Å². The minimum atomic E-state index is -0.907. The van der Waals surface area contributed by atoms with Gasteiger partial charge in [-0.25, -0.2) is 4.79 Å². The van der Waals surface area contributed by atoms with Crippen molar-refractivity contribution in [1.82, 2.24) is 5.32 Å². The van der Waals surface area contributed by atoms with Gasteiger partial charge in [0, 0.05) is 11.0 Å². The zero-order valence-corrected chi connectivity index (χ0v) is 13.6. The van der Waals surface area contributed by atoms with Crippen LogP contribution in [0.2, 0.25) is 0 Å². The highest BCUT2D eigenvalue weighted by Crippen LogP contribution is 2.28. The predicted molar refractivity (Wildman–Crippen MR) is 86.9 cm³/mol. The smallest absolute Gasteiger partial charge is 0.318 e. The van der Waals surface area contributed by atoms with Gasteiger partial charge in [0.2, 0.25) is 5.91 Å². The lowest BCUT2D eigenvalue weighted by atomic mass is 9.84. The Labute approximate surface area is 137 Å². The summed E-state index contributed by atoms with van der Waals surface area (Å²) in [6.45, 7) is 3.56. The summed E-state index contributed by atoms with van der Waals surface area (Å²) in [5.41, 5.74) is 4.95. The molecule has 1 fully saturated rings. The number of nitrogens with one attached hydrogen (secondary N) is 1. The summed E-state index contributed by atoms with van der Waals surface area (Å²) in [7, 11) is 0. The van der Waals surface area contributed by atoms with Crippen LogP contribution in [-0.2, 0) is 4.79 Å². The standard InChI is InChI=1S/C16H26ClN2O3/c1-11(17)9-13(15(21)19-16(18)22)10-14(20)8-7-12-5-3-2-4-6-12/h8,12-14,20H,1-7,9-10H2,(H3,18,19,21,22)/t13-,14+/m1/s1. The van der Waals surface area contributed by atoms with Crippen LogP contribution in [0.4, 0.5) is 4.79 Å². The van der Waals surface area contributed by atoms with Crippen LogP contribution in [0, 0.1) is 18.3 Å². The van der Waals surface area contributed by atoms with E-state index in [0.717, 1.165) is 6.42 Å². The first-order valence-corrected chi connectivity index (χ1v) is 8.21. The van der Waals surface area contributed by atoms with Gasteiger partial charge in [0.05, 0.1) is 6.10 Å². The van der Waals surface area contributed by atoms with Gasteiger partial charge in [0.25, 0.3) is 0 Å². The third-order valence-electron chi connectivity index (χ3n) is 4.08. The number of hydrogen-bond acceptors (Lipinski definition) is 3. The van der Waals surface area contributed by atoms with E-state index in [4.69, 9.17) is 17.3 Å². The minimum absolute atomic E-state index is 0.203. The zero-order valence-electron chi connectivity index (χ0n) is 12.9. The molecule has 125 valence electrons. The van der Waals surface area contributed by atoms with E-state index in [9.17, 15) is 14.7 Å². The minimum Gasteiger partial charge on any atom is -0.393 e. The summed E-state index contributed by atoms with van der Waals surface area (Å²) in [5, 5.41) is 12.5. The maximum absolute atomic E-state index is 11.9. The highest BCUT2D eigenvalue weighted by atomic mass is 35.5. The van der Waals surface area contributed by atoms with Crippen LogP contribution in [0.1, 0.15) is 51.4 Å². The summed E-state index contributed by atoms with van der Waals surface area (Å²) in [4.78, 5) is 22.7. The molecule has 1 aliphatic carbocycles. The van der Waals surface area contributed by atoms with E-state index in [2.05, 4.69) is 6.58 Å². The second kappa shape index (κ2) is 9.85. The van der Waals surface area contributed by atoms with Gasteiger partial charge in [0.1, 0.15) is 0 Å². The van der Waals surface area contributed by atoms with E-state index in [1.54, 1.807) is 0 Å². The van der Waals surface area contributed by atoms with Crippen molar-refractivity contribution < 1.29 is 14.7 Å². The third kappa shape index (κ3) is 7.80. The number of allylic oxidation sites excluding steroid dienone is 1. The molecule has 5 nitrogen and oxygen atoms in total. The topological polar surface area (TPSA) is 92.4 Å². The number of primary amides is 1. The van der Waals surface area contributed by atoms with Crippen molar-refractivity contribution in [3.63, 3.8) is 0 Å². The molecule has 3 amide bonds. The number of urea groups is 1. The molecular formula is C16H26ClN2O3. The molecule has 0 aliphatic heterocycles. The Hall–Kier alpha value is -1.07. The maximum atomic E-state index is 11.9. The van der Waals surface area contributed by atoms with Gasteiger partial charge in [-0.15, -0.1) is 0 Å². The molecule has 0 heterocycles. The Kier molecular flexibility index (Phi) is 8.49. The largest absolute Gasteiger partial charge is 0.393 e. The number of nitrogens with two attached hydrogens (primary N) is 1. The normalized spacial score (nSPS) is 18.5. The molecule has 1 saturated carbocycles. The maximum Gasteiger partial charge on any atom is 0.318 e. The number of rotatable bonds is 8. The Morgan fingerprint density at radius 3 is 2.55 bits per heavy atom. The summed E-state index contributed by atoms with van der Waals surface area (Å²) >= 11 is 5.75. The highest BCUT2D eigenvalue weighted by Gasteiger charge is 2.24. The molecule has 6 heteroatoms. The molecule has 0 unspecified atom stereocenters. The number of hydrogen-bond donors (Lipinski definition) is 3. The average Bonchev–Trinajstić information content (AvgIpc) is 2.44. The van der Waals surface area contributed by atoms with Crippen LogP contribution >= 0.6 is 11.6 Å². The number of carbonyl (C=O) groups is 2. The van der Waals surface area contributed by atoms with Gasteiger partial charge >= 0.3 is 6.03 Å². The molecule has 1 radical (unpaired) electrons. The van der Waals surface area contributed by atoms with Crippen molar-refractivity contribution in [3.05, 3.63) is 18.0 Å². The molecule has 1 aliphatic rings. The summed E-state index contributed by atoms with van der Waals surface area (Å²) in [5.74, 6) is -0.515. The van der Waals surface area contributed by atoms with Crippen molar-refractivity contribution >= 4 is 23.5 Å². The average molecular weight is 330 g/mol. The van der Waals surface area contributed by atoms with Crippen molar-refractivity contribution in [1.29, 1.82) is 0 Å². The second-order valence-electron chi connectivity index (χ2n) is 6.05. The molecule has 0 aromatic carbocycles. The van der Waals surface area contributed by atoms with Crippen molar-refractivity contribution in [2.45, 2.75) is 57.5 Å². The fourth-order valence-corrected chi connectivity index (χ4v) is 3.12. The number of amides is 3. The fourth-order valence-electron chi connectivity index (χ4n) is 2.93. The first-order valence-electron chi connectivity index (χ1n) is 7.83. The van der Waals surface area contributed by atoms with E-state index in [1.807, 2.05) is 11.7 Å².